The summed E-state index contributed by atoms with van der Waals surface area (Å²) in [6.07, 6.45) is 1.19. The topological polar surface area (TPSA) is 78.2 Å². The zero-order chi connectivity index (χ0) is 11.4. The Morgan fingerprint density at radius 1 is 1.60 bits per heavy atom. The quantitative estimate of drug-likeness (QED) is 0.757. The maximum Gasteiger partial charge on any atom is 0.337 e. The Morgan fingerprint density at radius 3 is 2.67 bits per heavy atom. The number of benzene rings is 1. The Hall–Kier alpha value is -2.15. The molecule has 15 heavy (non-hydrogen) atoms. The molecule has 0 aliphatic heterocycles. The minimum Gasteiger partial charge on any atom is -0.478 e. The van der Waals surface area contributed by atoms with E-state index in [0.29, 0.717) is 23.8 Å². The van der Waals surface area contributed by atoms with Gasteiger partial charge in [-0.2, -0.15) is 5.26 Å². The molecule has 0 atom stereocenters. The molecule has 76 valence electrons. The van der Waals surface area contributed by atoms with Gasteiger partial charge in [-0.05, 0) is 24.1 Å². The van der Waals surface area contributed by atoms with Crippen molar-refractivity contribution in [3.8, 4) is 6.07 Å². The molecule has 1 aromatic rings. The van der Waals surface area contributed by atoms with Crippen molar-refractivity contribution in [2.24, 2.45) is 0 Å². The van der Waals surface area contributed by atoms with E-state index in [1.807, 2.05) is 6.92 Å². The summed E-state index contributed by atoms with van der Waals surface area (Å²) in [6.45, 7) is 1.84. The van der Waals surface area contributed by atoms with Gasteiger partial charge >= 0.3 is 5.97 Å². The molecule has 0 aromatic heterocycles. The molecule has 4 heteroatoms. The first-order valence-electron chi connectivity index (χ1n) is 4.39. The minimum atomic E-state index is -1.20. The second kappa shape index (κ2) is 4.38. The van der Waals surface area contributed by atoms with E-state index in [1.165, 1.54) is 12.1 Å². The molecule has 0 saturated carbocycles. The van der Waals surface area contributed by atoms with Gasteiger partial charge in [0.1, 0.15) is 12.4 Å². The van der Waals surface area contributed by atoms with Crippen LogP contribution in [0.1, 0.15) is 38.8 Å². The summed E-state index contributed by atoms with van der Waals surface area (Å²) in [5.74, 6) is -1.20. The van der Waals surface area contributed by atoms with Crippen molar-refractivity contribution in [2.45, 2.75) is 13.3 Å². The van der Waals surface area contributed by atoms with Crippen LogP contribution in [0.5, 0.6) is 0 Å². The lowest BCUT2D eigenvalue weighted by Crippen LogP contribution is -2.04. The third-order valence-electron chi connectivity index (χ3n) is 2.14. The van der Waals surface area contributed by atoms with Crippen LogP contribution in [0.3, 0.4) is 0 Å². The maximum absolute atomic E-state index is 10.8. The third kappa shape index (κ3) is 2.02. The number of carboxylic acids is 1. The molecule has 0 spiro atoms. The van der Waals surface area contributed by atoms with Gasteiger partial charge in [-0.1, -0.05) is 6.92 Å². The van der Waals surface area contributed by atoms with Crippen LogP contribution in [0.25, 0.3) is 0 Å². The van der Waals surface area contributed by atoms with Gasteiger partial charge in [-0.3, -0.25) is 4.79 Å². The molecule has 4 nitrogen and oxygen atoms in total. The average Bonchev–Trinajstić information content (AvgIpc) is 2.26. The normalized spacial score (nSPS) is 9.33. The molecular weight excluding hydrogens is 194 g/mol. The zero-order valence-electron chi connectivity index (χ0n) is 8.15. The summed E-state index contributed by atoms with van der Waals surface area (Å²) < 4.78 is 0. The molecule has 0 radical (unpaired) electrons. The number of nitriles is 1. The lowest BCUT2D eigenvalue weighted by atomic mass is 9.98. The van der Waals surface area contributed by atoms with Crippen LogP contribution in [0.2, 0.25) is 0 Å². The number of carbonyl (C=O) groups excluding carboxylic acids is 1. The van der Waals surface area contributed by atoms with Crippen LogP contribution >= 0.6 is 0 Å². The number of carboxylic acid groups (broad SMARTS) is 1. The second-order valence-corrected chi connectivity index (χ2v) is 2.98. The van der Waals surface area contributed by atoms with Gasteiger partial charge in [-0.15, -0.1) is 0 Å². The second-order valence-electron chi connectivity index (χ2n) is 2.98. The fraction of sp³-hybridized carbons (Fsp3) is 0.182. The molecule has 0 saturated heterocycles. The highest BCUT2D eigenvalue weighted by molar-refractivity contribution is 5.93. The number of carbonyl (C=O) groups is 2. The highest BCUT2D eigenvalue weighted by atomic mass is 16.4. The van der Waals surface area contributed by atoms with Gasteiger partial charge in [-0.25, -0.2) is 4.79 Å². The summed E-state index contributed by atoms with van der Waals surface area (Å²) in [7, 11) is 0. The molecule has 1 N–H and O–H groups in total. The monoisotopic (exact) mass is 203 g/mol. The molecular formula is C11H9NO3. The van der Waals surface area contributed by atoms with Crippen LogP contribution in [-0.4, -0.2) is 17.4 Å². The molecule has 0 unspecified atom stereocenters. The zero-order valence-corrected chi connectivity index (χ0v) is 8.15. The molecule has 1 rings (SSSR count). The number of aromatic carboxylic acids is 1. The van der Waals surface area contributed by atoms with E-state index in [0.717, 1.165) is 0 Å². The number of hydrogen-bond donors (Lipinski definition) is 1. The van der Waals surface area contributed by atoms with Crippen LogP contribution in [0.15, 0.2) is 12.1 Å². The van der Waals surface area contributed by atoms with Gasteiger partial charge in [0.05, 0.1) is 11.1 Å². The average molecular weight is 203 g/mol. The fourth-order valence-electron chi connectivity index (χ4n) is 1.35. The minimum absolute atomic E-state index is 0.0879. The smallest absolute Gasteiger partial charge is 0.337 e. The summed E-state index contributed by atoms with van der Waals surface area (Å²) in [5, 5.41) is 17.6. The summed E-state index contributed by atoms with van der Waals surface area (Å²) >= 11 is 0. The molecule has 0 fully saturated rings. The first-order valence-corrected chi connectivity index (χ1v) is 4.39. The lowest BCUT2D eigenvalue weighted by Gasteiger charge is -2.05. The van der Waals surface area contributed by atoms with Crippen molar-refractivity contribution in [3.63, 3.8) is 0 Å². The van der Waals surface area contributed by atoms with Crippen LogP contribution in [-0.2, 0) is 6.42 Å². The van der Waals surface area contributed by atoms with Gasteiger partial charge in [0.2, 0.25) is 0 Å². The third-order valence-corrected chi connectivity index (χ3v) is 2.14. The van der Waals surface area contributed by atoms with E-state index < -0.39 is 5.97 Å². The molecule has 0 aliphatic carbocycles. The Morgan fingerprint density at radius 2 is 2.27 bits per heavy atom. The van der Waals surface area contributed by atoms with E-state index in [-0.39, 0.29) is 11.1 Å². The van der Waals surface area contributed by atoms with Gasteiger partial charge in [0.15, 0.2) is 0 Å². The molecule has 0 bridgehead atoms. The Balaban J connectivity index is 3.49. The van der Waals surface area contributed by atoms with Crippen LogP contribution < -0.4 is 0 Å². The van der Waals surface area contributed by atoms with Crippen LogP contribution in [0, 0.1) is 11.3 Å². The number of hydrogen-bond acceptors (Lipinski definition) is 3. The number of aldehydes is 1. The van der Waals surface area contributed by atoms with E-state index >= 15 is 0 Å². The largest absolute Gasteiger partial charge is 0.478 e. The lowest BCUT2D eigenvalue weighted by molar-refractivity contribution is 0.0696. The first kappa shape index (κ1) is 10.9. The molecule has 0 heterocycles. The van der Waals surface area contributed by atoms with E-state index in [1.54, 1.807) is 6.07 Å². The first-order chi connectivity index (χ1) is 7.13. The Kier molecular flexibility index (Phi) is 3.19. The van der Waals surface area contributed by atoms with Gasteiger partial charge < -0.3 is 5.11 Å². The van der Waals surface area contributed by atoms with Crippen molar-refractivity contribution >= 4 is 12.3 Å². The van der Waals surface area contributed by atoms with Crippen molar-refractivity contribution in [3.05, 3.63) is 34.4 Å². The molecule has 0 aliphatic rings. The summed E-state index contributed by atoms with van der Waals surface area (Å²) in [6, 6.07) is 4.50. The predicted octanol–water partition coefficient (Wildman–Crippen LogP) is 1.63. The number of nitrogens with zero attached hydrogens (tertiary/aromatic N) is 1. The summed E-state index contributed by atoms with van der Waals surface area (Å²) in [4.78, 5) is 21.5. The van der Waals surface area contributed by atoms with E-state index in [2.05, 4.69) is 0 Å². The van der Waals surface area contributed by atoms with E-state index in [9.17, 15) is 9.59 Å². The SMILES string of the molecule is CCc1cc(C#N)c(C(=O)O)cc1C=O. The molecule has 1 aromatic carbocycles. The van der Waals surface area contributed by atoms with E-state index in [4.69, 9.17) is 10.4 Å². The van der Waals surface area contributed by atoms with Crippen molar-refractivity contribution in [2.75, 3.05) is 0 Å². The predicted molar refractivity (Wildman–Crippen MR) is 52.9 cm³/mol. The maximum atomic E-state index is 10.8. The van der Waals surface area contributed by atoms with Crippen LogP contribution in [0.4, 0.5) is 0 Å². The van der Waals surface area contributed by atoms with Gasteiger partial charge in [0.25, 0.3) is 0 Å². The number of rotatable bonds is 3. The van der Waals surface area contributed by atoms with Crippen molar-refractivity contribution in [1.82, 2.24) is 0 Å². The standard InChI is InChI=1S/C11H9NO3/c1-2-7-3-8(5-12)10(11(14)15)4-9(7)6-13/h3-4,6H,2H2,1H3,(H,14,15). The highest BCUT2D eigenvalue weighted by Crippen LogP contribution is 2.16. The molecule has 0 amide bonds. The van der Waals surface area contributed by atoms with Gasteiger partial charge in [0, 0.05) is 5.56 Å². The summed E-state index contributed by atoms with van der Waals surface area (Å²) in [5.41, 5.74) is 0.974. The number of aryl methyl sites for hydroxylation is 1. The highest BCUT2D eigenvalue weighted by Gasteiger charge is 2.13. The Bertz CT molecular complexity index is 458. The Labute approximate surface area is 86.8 Å². The van der Waals surface area contributed by atoms with Crippen molar-refractivity contribution < 1.29 is 14.7 Å². The fourth-order valence-corrected chi connectivity index (χ4v) is 1.35. The van der Waals surface area contributed by atoms with Crippen molar-refractivity contribution in [1.29, 1.82) is 5.26 Å².